The molecule has 0 atom stereocenters. The van der Waals surface area contributed by atoms with Gasteiger partial charge in [-0.15, -0.1) is 0 Å². The van der Waals surface area contributed by atoms with E-state index in [0.717, 1.165) is 5.56 Å². The van der Waals surface area contributed by atoms with Crippen molar-refractivity contribution in [1.29, 1.82) is 0 Å². The van der Waals surface area contributed by atoms with Gasteiger partial charge in [-0.1, -0.05) is 29.8 Å². The average Bonchev–Trinajstić information content (AvgIpc) is 2.18. The number of aliphatic hydroxyl groups excluding tert-OH is 1. The number of hydrogen-bond donors (Lipinski definition) is 1. The van der Waals surface area contributed by atoms with E-state index in [1.54, 1.807) is 6.07 Å². The highest BCUT2D eigenvalue weighted by molar-refractivity contribution is 6.31. The molecule has 76 valence electrons. The van der Waals surface area contributed by atoms with Gasteiger partial charge >= 0.3 is 0 Å². The second-order valence-electron chi connectivity index (χ2n) is 3.13. The lowest BCUT2D eigenvalue weighted by atomic mass is 10.1. The Morgan fingerprint density at radius 1 is 1.36 bits per heavy atom. The van der Waals surface area contributed by atoms with E-state index in [1.165, 1.54) is 0 Å². The maximum atomic E-state index is 11.4. The molecule has 0 bridgehead atoms. The standard InChI is InChI=1S/C11H13ClO2/c12-11-6-2-1-4-9(11)8-10(14)5-3-7-13/h1-2,4,6,13H,3,5,7-8H2. The van der Waals surface area contributed by atoms with Crippen molar-refractivity contribution in [3.8, 4) is 0 Å². The number of hydrogen-bond acceptors (Lipinski definition) is 2. The zero-order valence-corrected chi connectivity index (χ0v) is 8.63. The van der Waals surface area contributed by atoms with Crippen molar-refractivity contribution >= 4 is 17.4 Å². The van der Waals surface area contributed by atoms with E-state index < -0.39 is 0 Å². The van der Waals surface area contributed by atoms with Gasteiger partial charge in [0.25, 0.3) is 0 Å². The molecule has 1 rings (SSSR count). The summed E-state index contributed by atoms with van der Waals surface area (Å²) in [5, 5.41) is 9.19. The van der Waals surface area contributed by atoms with Crippen LogP contribution in [0.1, 0.15) is 18.4 Å². The van der Waals surface area contributed by atoms with E-state index in [9.17, 15) is 4.79 Å². The Morgan fingerprint density at radius 3 is 2.71 bits per heavy atom. The van der Waals surface area contributed by atoms with Gasteiger partial charge in [0.1, 0.15) is 5.78 Å². The molecule has 0 unspecified atom stereocenters. The number of benzene rings is 1. The van der Waals surface area contributed by atoms with Crippen LogP contribution in [0.5, 0.6) is 0 Å². The third-order valence-electron chi connectivity index (χ3n) is 1.96. The summed E-state index contributed by atoms with van der Waals surface area (Å²) >= 11 is 5.90. The van der Waals surface area contributed by atoms with Gasteiger partial charge in [-0.05, 0) is 18.1 Å². The Morgan fingerprint density at radius 2 is 2.07 bits per heavy atom. The molecule has 1 aromatic rings. The van der Waals surface area contributed by atoms with Gasteiger partial charge in [0, 0.05) is 24.5 Å². The predicted octanol–water partition coefficient (Wildman–Crippen LogP) is 2.22. The van der Waals surface area contributed by atoms with E-state index in [0.29, 0.717) is 24.3 Å². The first-order chi connectivity index (χ1) is 6.74. The molecule has 0 saturated carbocycles. The van der Waals surface area contributed by atoms with E-state index >= 15 is 0 Å². The largest absolute Gasteiger partial charge is 0.396 e. The lowest BCUT2D eigenvalue weighted by Crippen LogP contribution is -2.03. The first-order valence-corrected chi connectivity index (χ1v) is 4.98. The van der Waals surface area contributed by atoms with Crippen LogP contribution in [0.2, 0.25) is 5.02 Å². The van der Waals surface area contributed by atoms with Crippen LogP contribution in [0.25, 0.3) is 0 Å². The molecule has 0 aliphatic carbocycles. The summed E-state index contributed by atoms with van der Waals surface area (Å²) in [6, 6.07) is 7.32. The first kappa shape index (κ1) is 11.2. The van der Waals surface area contributed by atoms with Gasteiger partial charge in [0.15, 0.2) is 0 Å². The maximum absolute atomic E-state index is 11.4. The average molecular weight is 213 g/mol. The Labute approximate surface area is 88.5 Å². The number of carbonyl (C=O) groups is 1. The minimum absolute atomic E-state index is 0.0638. The van der Waals surface area contributed by atoms with E-state index in [4.69, 9.17) is 16.7 Å². The molecule has 1 aromatic carbocycles. The Hall–Kier alpha value is -0.860. The van der Waals surface area contributed by atoms with Crippen LogP contribution in [0.15, 0.2) is 24.3 Å². The number of aliphatic hydroxyl groups is 1. The normalized spacial score (nSPS) is 10.1. The Kier molecular flexibility index (Phi) is 4.63. The highest BCUT2D eigenvalue weighted by Gasteiger charge is 2.05. The van der Waals surface area contributed by atoms with Crippen molar-refractivity contribution in [2.45, 2.75) is 19.3 Å². The fourth-order valence-electron chi connectivity index (χ4n) is 1.22. The quantitative estimate of drug-likeness (QED) is 0.813. The van der Waals surface area contributed by atoms with E-state index in [1.807, 2.05) is 18.2 Å². The van der Waals surface area contributed by atoms with Crippen LogP contribution in [0.3, 0.4) is 0 Å². The molecule has 0 fully saturated rings. The highest BCUT2D eigenvalue weighted by atomic mass is 35.5. The van der Waals surface area contributed by atoms with Crippen molar-refractivity contribution in [2.75, 3.05) is 6.61 Å². The van der Waals surface area contributed by atoms with Gasteiger partial charge in [0.2, 0.25) is 0 Å². The van der Waals surface area contributed by atoms with Gasteiger partial charge in [-0.3, -0.25) is 4.79 Å². The lowest BCUT2D eigenvalue weighted by molar-refractivity contribution is -0.118. The number of carbonyl (C=O) groups excluding carboxylic acids is 1. The summed E-state index contributed by atoms with van der Waals surface area (Å²) in [5.41, 5.74) is 0.858. The van der Waals surface area contributed by atoms with Crippen molar-refractivity contribution in [1.82, 2.24) is 0 Å². The number of rotatable bonds is 5. The summed E-state index contributed by atoms with van der Waals surface area (Å²) < 4.78 is 0. The molecule has 3 heteroatoms. The summed E-state index contributed by atoms with van der Waals surface area (Å²) in [5.74, 6) is 0.118. The highest BCUT2D eigenvalue weighted by Crippen LogP contribution is 2.16. The molecular weight excluding hydrogens is 200 g/mol. The van der Waals surface area contributed by atoms with E-state index in [-0.39, 0.29) is 12.4 Å². The van der Waals surface area contributed by atoms with Crippen LogP contribution in [-0.4, -0.2) is 17.5 Å². The van der Waals surface area contributed by atoms with Crippen LogP contribution < -0.4 is 0 Å². The van der Waals surface area contributed by atoms with Gasteiger partial charge in [-0.25, -0.2) is 0 Å². The number of ketones is 1. The lowest BCUT2D eigenvalue weighted by Gasteiger charge is -2.02. The third kappa shape index (κ3) is 3.48. The number of halogens is 1. The molecule has 0 heterocycles. The third-order valence-corrected chi connectivity index (χ3v) is 2.33. The monoisotopic (exact) mass is 212 g/mol. The van der Waals surface area contributed by atoms with E-state index in [2.05, 4.69) is 0 Å². The van der Waals surface area contributed by atoms with Crippen LogP contribution >= 0.6 is 11.6 Å². The molecular formula is C11H13ClO2. The van der Waals surface area contributed by atoms with Crippen molar-refractivity contribution < 1.29 is 9.90 Å². The van der Waals surface area contributed by atoms with Crippen molar-refractivity contribution in [3.63, 3.8) is 0 Å². The first-order valence-electron chi connectivity index (χ1n) is 4.60. The van der Waals surface area contributed by atoms with Crippen LogP contribution in [-0.2, 0) is 11.2 Å². The van der Waals surface area contributed by atoms with Crippen LogP contribution in [0, 0.1) is 0 Å². The summed E-state index contributed by atoms with van der Waals surface area (Å²) in [6.45, 7) is 0.0638. The zero-order chi connectivity index (χ0) is 10.4. The predicted molar refractivity (Wildman–Crippen MR) is 56.5 cm³/mol. The minimum atomic E-state index is 0.0638. The summed E-state index contributed by atoms with van der Waals surface area (Å²) in [7, 11) is 0. The minimum Gasteiger partial charge on any atom is -0.396 e. The molecule has 0 spiro atoms. The molecule has 1 N–H and O–H groups in total. The summed E-state index contributed by atoms with van der Waals surface area (Å²) in [4.78, 5) is 11.4. The van der Waals surface area contributed by atoms with Crippen LogP contribution in [0.4, 0.5) is 0 Å². The van der Waals surface area contributed by atoms with Gasteiger partial charge in [-0.2, -0.15) is 0 Å². The smallest absolute Gasteiger partial charge is 0.137 e. The van der Waals surface area contributed by atoms with Crippen molar-refractivity contribution in [2.24, 2.45) is 0 Å². The van der Waals surface area contributed by atoms with Gasteiger partial charge < -0.3 is 5.11 Å². The summed E-state index contributed by atoms with van der Waals surface area (Å²) in [6.07, 6.45) is 1.31. The topological polar surface area (TPSA) is 37.3 Å². The Bertz CT molecular complexity index is 310. The molecule has 2 nitrogen and oxygen atoms in total. The molecule has 14 heavy (non-hydrogen) atoms. The second kappa shape index (κ2) is 5.78. The number of Topliss-reactive ketones (excluding diaryl/α,β-unsaturated/α-hetero) is 1. The van der Waals surface area contributed by atoms with Crippen molar-refractivity contribution in [3.05, 3.63) is 34.9 Å². The molecule has 0 aromatic heterocycles. The molecule has 0 radical (unpaired) electrons. The van der Waals surface area contributed by atoms with Gasteiger partial charge in [0.05, 0.1) is 0 Å². The molecule has 0 aliphatic rings. The molecule has 0 aliphatic heterocycles. The fourth-order valence-corrected chi connectivity index (χ4v) is 1.42. The molecule has 0 saturated heterocycles. The Balaban J connectivity index is 2.52. The maximum Gasteiger partial charge on any atom is 0.137 e. The molecule has 0 amide bonds. The fraction of sp³-hybridized carbons (Fsp3) is 0.364. The second-order valence-corrected chi connectivity index (χ2v) is 3.54. The SMILES string of the molecule is O=C(CCCO)Cc1ccccc1Cl. The zero-order valence-electron chi connectivity index (χ0n) is 7.87.